The Morgan fingerprint density at radius 2 is 1.83 bits per heavy atom. The first-order chi connectivity index (χ1) is 13.7. The molecule has 1 saturated heterocycles. The molecule has 0 unspecified atom stereocenters. The highest BCUT2D eigenvalue weighted by molar-refractivity contribution is 7.89. The van der Waals surface area contributed by atoms with E-state index in [0.717, 1.165) is 0 Å². The molecule has 2 heterocycles. The lowest BCUT2D eigenvalue weighted by molar-refractivity contribution is 0.0730. The topological polar surface area (TPSA) is 109 Å². The van der Waals surface area contributed by atoms with E-state index in [0.29, 0.717) is 54.4 Å². The number of ether oxygens (including phenoxy) is 1. The van der Waals surface area contributed by atoms with Crippen molar-refractivity contribution in [3.63, 3.8) is 0 Å². The molecule has 1 amide bonds. The molecule has 29 heavy (non-hydrogen) atoms. The third-order valence-electron chi connectivity index (χ3n) is 5.02. The number of aromatic nitrogens is 1. The van der Waals surface area contributed by atoms with Gasteiger partial charge in [0.15, 0.2) is 5.78 Å². The normalized spacial score (nSPS) is 15.3. The largest absolute Gasteiger partial charge is 0.379 e. The van der Waals surface area contributed by atoms with Crippen LogP contribution in [0.1, 0.15) is 44.6 Å². The molecule has 9 heteroatoms. The summed E-state index contributed by atoms with van der Waals surface area (Å²) in [5.41, 5.74) is 2.53. The predicted molar refractivity (Wildman–Crippen MR) is 107 cm³/mol. The molecule has 0 radical (unpaired) electrons. The van der Waals surface area contributed by atoms with E-state index in [4.69, 9.17) is 4.74 Å². The molecule has 1 aliphatic heterocycles. The summed E-state index contributed by atoms with van der Waals surface area (Å²) in [5, 5.41) is 2.76. The van der Waals surface area contributed by atoms with Crippen LogP contribution in [0.3, 0.4) is 0 Å². The molecule has 156 valence electrons. The minimum absolute atomic E-state index is 0.0471. The zero-order valence-electron chi connectivity index (χ0n) is 16.7. The van der Waals surface area contributed by atoms with Crippen LogP contribution in [0.4, 0.5) is 0 Å². The molecule has 3 rings (SSSR count). The number of morpholine rings is 1. The van der Waals surface area contributed by atoms with Crippen molar-refractivity contribution < 1.29 is 22.7 Å². The number of sulfonamides is 1. The lowest BCUT2D eigenvalue weighted by Gasteiger charge is -2.27. The Hall–Kier alpha value is -2.49. The number of Topliss-reactive ketones (excluding diaryl/α,β-unsaturated/α-hetero) is 1. The van der Waals surface area contributed by atoms with E-state index in [1.165, 1.54) is 11.2 Å². The van der Waals surface area contributed by atoms with E-state index < -0.39 is 15.9 Å². The lowest BCUT2D eigenvalue weighted by Crippen LogP contribution is -2.41. The van der Waals surface area contributed by atoms with Gasteiger partial charge in [0.2, 0.25) is 10.0 Å². The van der Waals surface area contributed by atoms with Crippen LogP contribution >= 0.6 is 0 Å². The average molecular weight is 420 g/mol. The van der Waals surface area contributed by atoms with Gasteiger partial charge in [0.1, 0.15) is 5.69 Å². The first kappa shape index (κ1) is 21.2. The maximum atomic E-state index is 13.0. The number of hydrogen-bond donors (Lipinski definition) is 2. The highest BCUT2D eigenvalue weighted by Gasteiger charge is 2.28. The highest BCUT2D eigenvalue weighted by atomic mass is 32.2. The second kappa shape index (κ2) is 8.48. The van der Waals surface area contributed by atoms with Gasteiger partial charge in [-0.1, -0.05) is 18.2 Å². The van der Waals surface area contributed by atoms with Crippen molar-refractivity contribution in [3.05, 3.63) is 52.3 Å². The molecule has 2 aromatic rings. The summed E-state index contributed by atoms with van der Waals surface area (Å²) in [7, 11) is -3.68. The molecule has 1 aliphatic rings. The van der Waals surface area contributed by atoms with Gasteiger partial charge in [-0.15, -0.1) is 0 Å². The number of hydrogen-bond acceptors (Lipinski definition) is 5. The van der Waals surface area contributed by atoms with Crippen molar-refractivity contribution in [2.45, 2.75) is 32.2 Å². The monoisotopic (exact) mass is 419 g/mol. The maximum Gasteiger partial charge on any atom is 0.268 e. The molecule has 1 fully saturated rings. The number of ketones is 1. The fourth-order valence-corrected chi connectivity index (χ4v) is 5.23. The van der Waals surface area contributed by atoms with E-state index in [1.807, 2.05) is 0 Å². The summed E-state index contributed by atoms with van der Waals surface area (Å²) in [5.74, 6) is -0.506. The molecule has 8 nitrogen and oxygen atoms in total. The van der Waals surface area contributed by atoms with Crippen LogP contribution in [0, 0.1) is 13.8 Å². The van der Waals surface area contributed by atoms with Gasteiger partial charge in [-0.25, -0.2) is 8.42 Å². The number of nitrogens with zero attached hydrogens (tertiary/aromatic N) is 1. The highest BCUT2D eigenvalue weighted by Crippen LogP contribution is 2.22. The summed E-state index contributed by atoms with van der Waals surface area (Å²) < 4.78 is 32.7. The van der Waals surface area contributed by atoms with Gasteiger partial charge in [0.05, 0.1) is 18.1 Å². The van der Waals surface area contributed by atoms with Gasteiger partial charge in [-0.05, 0) is 38.0 Å². The van der Waals surface area contributed by atoms with Crippen LogP contribution in [0.25, 0.3) is 0 Å². The molecule has 1 aromatic heterocycles. The Labute approximate surface area is 170 Å². The number of aromatic amines is 1. The molecule has 0 atom stereocenters. The second-order valence-corrected chi connectivity index (χ2v) is 8.89. The molecule has 0 saturated carbocycles. The molecule has 1 aromatic carbocycles. The number of carbonyl (C=O) groups is 2. The number of amides is 1. The van der Waals surface area contributed by atoms with Crippen LogP contribution in [0.2, 0.25) is 0 Å². The van der Waals surface area contributed by atoms with E-state index in [2.05, 4.69) is 10.3 Å². The summed E-state index contributed by atoms with van der Waals surface area (Å²) in [4.78, 5) is 27.6. The number of carbonyl (C=O) groups excluding carboxylic acids is 2. The van der Waals surface area contributed by atoms with E-state index in [9.17, 15) is 18.0 Å². The van der Waals surface area contributed by atoms with Crippen molar-refractivity contribution in [1.29, 1.82) is 0 Å². The fraction of sp³-hybridized carbons (Fsp3) is 0.400. The molecular formula is C20H25N3O5S. The van der Waals surface area contributed by atoms with Gasteiger partial charge in [-0.2, -0.15) is 4.31 Å². The maximum absolute atomic E-state index is 13.0. The van der Waals surface area contributed by atoms with Crippen LogP contribution < -0.4 is 5.32 Å². The molecular weight excluding hydrogens is 394 g/mol. The molecule has 0 spiro atoms. The number of benzene rings is 1. The first-order valence-corrected chi connectivity index (χ1v) is 10.8. The van der Waals surface area contributed by atoms with Crippen LogP contribution in [-0.4, -0.2) is 55.7 Å². The number of aryl methyl sites for hydroxylation is 1. The lowest BCUT2D eigenvalue weighted by atomic mass is 10.1. The summed E-state index contributed by atoms with van der Waals surface area (Å²) in [6.07, 6.45) is 0. The van der Waals surface area contributed by atoms with Gasteiger partial charge in [0, 0.05) is 30.9 Å². The minimum atomic E-state index is -3.68. The van der Waals surface area contributed by atoms with E-state index in [-0.39, 0.29) is 17.2 Å². The number of H-pyrrole nitrogens is 1. The van der Waals surface area contributed by atoms with Crippen molar-refractivity contribution in [2.24, 2.45) is 0 Å². The third kappa shape index (κ3) is 4.26. The standard InChI is InChI=1S/C20H25N3O5S/c1-13-18(15(3)24)14(2)22-19(13)20(25)21-12-16-6-4-5-7-17(16)29(26,27)23-8-10-28-11-9-23/h4-7,22H,8-12H2,1-3H3,(H,21,25). The number of nitrogens with one attached hydrogen (secondary N) is 2. The van der Waals surface area contributed by atoms with Crippen LogP contribution in [0.15, 0.2) is 29.2 Å². The smallest absolute Gasteiger partial charge is 0.268 e. The van der Waals surface area contributed by atoms with Crippen molar-refractivity contribution in [3.8, 4) is 0 Å². The van der Waals surface area contributed by atoms with E-state index >= 15 is 0 Å². The Morgan fingerprint density at radius 3 is 2.45 bits per heavy atom. The predicted octanol–water partition coefficient (Wildman–Crippen LogP) is 1.79. The first-order valence-electron chi connectivity index (χ1n) is 9.37. The quantitative estimate of drug-likeness (QED) is 0.694. The second-order valence-electron chi connectivity index (χ2n) is 6.99. The SMILES string of the molecule is CC(=O)c1c(C)[nH]c(C(=O)NCc2ccccc2S(=O)(=O)N2CCOCC2)c1C. The van der Waals surface area contributed by atoms with Gasteiger partial charge >= 0.3 is 0 Å². The van der Waals surface area contributed by atoms with Gasteiger partial charge in [-0.3, -0.25) is 9.59 Å². The molecule has 0 bridgehead atoms. The number of rotatable bonds is 6. The van der Waals surface area contributed by atoms with Crippen molar-refractivity contribution in [2.75, 3.05) is 26.3 Å². The Morgan fingerprint density at radius 1 is 1.17 bits per heavy atom. The summed E-state index contributed by atoms with van der Waals surface area (Å²) in [6.45, 7) is 6.29. The van der Waals surface area contributed by atoms with Gasteiger partial charge in [0.25, 0.3) is 5.91 Å². The zero-order chi connectivity index (χ0) is 21.2. The Bertz CT molecular complexity index is 1040. The van der Waals surface area contributed by atoms with E-state index in [1.54, 1.807) is 38.1 Å². The Kier molecular flexibility index (Phi) is 6.21. The Balaban J connectivity index is 1.81. The van der Waals surface area contributed by atoms with Crippen LogP contribution in [-0.2, 0) is 21.3 Å². The van der Waals surface area contributed by atoms with Crippen molar-refractivity contribution in [1.82, 2.24) is 14.6 Å². The third-order valence-corrected chi connectivity index (χ3v) is 7.02. The van der Waals surface area contributed by atoms with Crippen molar-refractivity contribution >= 4 is 21.7 Å². The van der Waals surface area contributed by atoms with Crippen LogP contribution in [0.5, 0.6) is 0 Å². The zero-order valence-corrected chi connectivity index (χ0v) is 17.6. The summed E-state index contributed by atoms with van der Waals surface area (Å²) in [6, 6.07) is 6.62. The minimum Gasteiger partial charge on any atom is -0.379 e. The van der Waals surface area contributed by atoms with Gasteiger partial charge < -0.3 is 15.0 Å². The molecule has 2 N–H and O–H groups in total. The average Bonchev–Trinajstić information content (AvgIpc) is 3.01. The molecule has 0 aliphatic carbocycles. The fourth-order valence-electron chi connectivity index (χ4n) is 3.60. The summed E-state index contributed by atoms with van der Waals surface area (Å²) >= 11 is 0.